The lowest BCUT2D eigenvalue weighted by Crippen LogP contribution is -2.20. The van der Waals surface area contributed by atoms with Gasteiger partial charge in [0.25, 0.3) is 0 Å². The fraction of sp³-hybridized carbons (Fsp3) is 0.571. The minimum atomic E-state index is 0.781. The van der Waals surface area contributed by atoms with Crippen molar-refractivity contribution >= 4 is 0 Å². The molecular weight excluding hydrogens is 198 g/mol. The van der Waals surface area contributed by atoms with Gasteiger partial charge in [0.1, 0.15) is 12.4 Å². The number of ether oxygens (including phenoxy) is 1. The van der Waals surface area contributed by atoms with Gasteiger partial charge in [-0.3, -0.25) is 0 Å². The highest BCUT2D eigenvalue weighted by Gasteiger charge is 2.13. The van der Waals surface area contributed by atoms with Crippen LogP contribution in [-0.4, -0.2) is 32.1 Å². The Bertz CT molecular complexity index is 347. The average Bonchev–Trinajstić information content (AvgIpc) is 2.29. The van der Waals surface area contributed by atoms with Crippen LogP contribution < -0.4 is 4.74 Å². The lowest BCUT2D eigenvalue weighted by atomic mass is 9.91. The first-order valence-corrected chi connectivity index (χ1v) is 6.15. The Hall–Kier alpha value is -1.02. The largest absolute Gasteiger partial charge is 0.492 e. The number of hydrogen-bond donors (Lipinski definition) is 0. The van der Waals surface area contributed by atoms with Crippen LogP contribution in [0.25, 0.3) is 0 Å². The van der Waals surface area contributed by atoms with E-state index in [-0.39, 0.29) is 0 Å². The molecule has 0 atom stereocenters. The van der Waals surface area contributed by atoms with Gasteiger partial charge in [0, 0.05) is 6.54 Å². The quantitative estimate of drug-likeness (QED) is 0.771. The molecular formula is C14H21NO. The summed E-state index contributed by atoms with van der Waals surface area (Å²) in [5.74, 6) is 1.11. The number of aryl methyl sites for hydroxylation is 1. The number of rotatable bonds is 4. The van der Waals surface area contributed by atoms with Crippen molar-refractivity contribution in [2.75, 3.05) is 27.2 Å². The molecule has 0 unspecified atom stereocenters. The van der Waals surface area contributed by atoms with Gasteiger partial charge >= 0.3 is 0 Å². The minimum Gasteiger partial charge on any atom is -0.492 e. The fourth-order valence-corrected chi connectivity index (χ4v) is 2.22. The topological polar surface area (TPSA) is 12.5 Å². The second kappa shape index (κ2) is 5.35. The van der Waals surface area contributed by atoms with Crippen LogP contribution >= 0.6 is 0 Å². The van der Waals surface area contributed by atoms with Gasteiger partial charge in [0.15, 0.2) is 0 Å². The number of fused-ring (bicyclic) bond motifs is 1. The molecule has 0 bridgehead atoms. The van der Waals surface area contributed by atoms with Crippen molar-refractivity contribution in [3.05, 3.63) is 29.3 Å². The number of benzene rings is 1. The van der Waals surface area contributed by atoms with Crippen molar-refractivity contribution in [1.29, 1.82) is 0 Å². The van der Waals surface area contributed by atoms with Gasteiger partial charge in [0.2, 0.25) is 0 Å². The summed E-state index contributed by atoms with van der Waals surface area (Å²) in [5.41, 5.74) is 2.95. The van der Waals surface area contributed by atoms with E-state index in [4.69, 9.17) is 4.74 Å². The van der Waals surface area contributed by atoms with E-state index in [0.29, 0.717) is 0 Å². The van der Waals surface area contributed by atoms with E-state index in [2.05, 4.69) is 37.2 Å². The van der Waals surface area contributed by atoms with Crippen LogP contribution in [-0.2, 0) is 12.8 Å². The minimum absolute atomic E-state index is 0.781. The summed E-state index contributed by atoms with van der Waals surface area (Å²) in [7, 11) is 4.15. The molecule has 0 radical (unpaired) electrons. The molecule has 1 aliphatic carbocycles. The van der Waals surface area contributed by atoms with E-state index in [1.54, 1.807) is 0 Å². The Morgan fingerprint density at radius 2 is 2.00 bits per heavy atom. The monoisotopic (exact) mass is 219 g/mol. The fourth-order valence-electron chi connectivity index (χ4n) is 2.22. The molecule has 0 aliphatic heterocycles. The molecule has 16 heavy (non-hydrogen) atoms. The highest BCUT2D eigenvalue weighted by molar-refractivity contribution is 5.41. The molecule has 2 rings (SSSR count). The van der Waals surface area contributed by atoms with Gasteiger partial charge in [-0.25, -0.2) is 0 Å². The summed E-state index contributed by atoms with van der Waals surface area (Å²) in [6.07, 6.45) is 5.04. The number of nitrogens with zero attached hydrogens (tertiary/aromatic N) is 1. The third kappa shape index (κ3) is 2.76. The van der Waals surface area contributed by atoms with Crippen LogP contribution in [0.1, 0.15) is 24.0 Å². The van der Waals surface area contributed by atoms with E-state index >= 15 is 0 Å². The zero-order valence-electron chi connectivity index (χ0n) is 10.3. The van der Waals surface area contributed by atoms with Gasteiger partial charge in [0.05, 0.1) is 0 Å². The average molecular weight is 219 g/mol. The maximum atomic E-state index is 5.87. The highest BCUT2D eigenvalue weighted by Crippen LogP contribution is 2.29. The molecule has 0 N–H and O–H groups in total. The van der Waals surface area contributed by atoms with E-state index < -0.39 is 0 Å². The van der Waals surface area contributed by atoms with Crippen LogP contribution in [0.15, 0.2) is 18.2 Å². The Morgan fingerprint density at radius 1 is 1.19 bits per heavy atom. The lowest BCUT2D eigenvalue weighted by Gasteiger charge is -2.20. The second-order valence-corrected chi connectivity index (χ2v) is 4.75. The molecule has 0 aromatic heterocycles. The smallest absolute Gasteiger partial charge is 0.122 e. The SMILES string of the molecule is CN(C)CCOc1cccc2c1CCCC2. The molecule has 0 saturated heterocycles. The standard InChI is InChI=1S/C14H21NO/c1-15(2)10-11-16-14-9-5-7-12-6-3-4-8-13(12)14/h5,7,9H,3-4,6,8,10-11H2,1-2H3. The van der Waals surface area contributed by atoms with E-state index in [1.165, 1.54) is 36.8 Å². The Morgan fingerprint density at radius 3 is 2.81 bits per heavy atom. The Kier molecular flexibility index (Phi) is 3.83. The van der Waals surface area contributed by atoms with Crippen molar-refractivity contribution in [3.63, 3.8) is 0 Å². The first-order chi connectivity index (χ1) is 7.77. The Labute approximate surface area is 98.2 Å². The molecule has 0 heterocycles. The van der Waals surface area contributed by atoms with Gasteiger partial charge in [-0.05, 0) is 57.0 Å². The predicted molar refractivity (Wildman–Crippen MR) is 67.1 cm³/mol. The van der Waals surface area contributed by atoms with Crippen LogP contribution in [0.3, 0.4) is 0 Å². The van der Waals surface area contributed by atoms with E-state index in [9.17, 15) is 0 Å². The van der Waals surface area contributed by atoms with Crippen molar-refractivity contribution < 1.29 is 4.74 Å². The second-order valence-electron chi connectivity index (χ2n) is 4.75. The molecule has 0 saturated carbocycles. The first kappa shape index (κ1) is 11.5. The molecule has 0 fully saturated rings. The van der Waals surface area contributed by atoms with Crippen LogP contribution in [0.2, 0.25) is 0 Å². The summed E-state index contributed by atoms with van der Waals surface area (Å²) in [6.45, 7) is 1.76. The van der Waals surface area contributed by atoms with Gasteiger partial charge in [-0.2, -0.15) is 0 Å². The maximum Gasteiger partial charge on any atom is 0.122 e. The normalized spacial score (nSPS) is 14.9. The van der Waals surface area contributed by atoms with Gasteiger partial charge in [-0.15, -0.1) is 0 Å². The molecule has 0 amide bonds. The van der Waals surface area contributed by atoms with Crippen molar-refractivity contribution in [2.24, 2.45) is 0 Å². The maximum absolute atomic E-state index is 5.87. The van der Waals surface area contributed by atoms with Crippen LogP contribution in [0.5, 0.6) is 5.75 Å². The summed E-state index contributed by atoms with van der Waals surface area (Å²) >= 11 is 0. The van der Waals surface area contributed by atoms with E-state index in [1.807, 2.05) is 0 Å². The molecule has 1 aliphatic rings. The molecule has 88 valence electrons. The van der Waals surface area contributed by atoms with Gasteiger partial charge in [-0.1, -0.05) is 12.1 Å². The van der Waals surface area contributed by atoms with Crippen molar-refractivity contribution in [2.45, 2.75) is 25.7 Å². The summed E-state index contributed by atoms with van der Waals surface area (Å²) in [5, 5.41) is 0. The number of likely N-dealkylation sites (N-methyl/N-ethyl adjacent to an activating group) is 1. The molecule has 2 nitrogen and oxygen atoms in total. The summed E-state index contributed by atoms with van der Waals surface area (Å²) in [6, 6.07) is 6.47. The predicted octanol–water partition coefficient (Wildman–Crippen LogP) is 2.51. The van der Waals surface area contributed by atoms with Crippen LogP contribution in [0.4, 0.5) is 0 Å². The van der Waals surface area contributed by atoms with Crippen LogP contribution in [0, 0.1) is 0 Å². The Balaban J connectivity index is 2.03. The zero-order chi connectivity index (χ0) is 11.4. The van der Waals surface area contributed by atoms with Crippen molar-refractivity contribution in [1.82, 2.24) is 4.90 Å². The molecule has 1 aromatic rings. The highest BCUT2D eigenvalue weighted by atomic mass is 16.5. The summed E-state index contributed by atoms with van der Waals surface area (Å²) in [4.78, 5) is 2.15. The third-order valence-corrected chi connectivity index (χ3v) is 3.15. The first-order valence-electron chi connectivity index (χ1n) is 6.15. The summed E-state index contributed by atoms with van der Waals surface area (Å²) < 4.78 is 5.87. The number of hydrogen-bond acceptors (Lipinski definition) is 2. The van der Waals surface area contributed by atoms with E-state index in [0.717, 1.165) is 18.9 Å². The van der Waals surface area contributed by atoms with Crippen molar-refractivity contribution in [3.8, 4) is 5.75 Å². The lowest BCUT2D eigenvalue weighted by molar-refractivity contribution is 0.258. The molecule has 1 aromatic carbocycles. The molecule has 2 heteroatoms. The zero-order valence-corrected chi connectivity index (χ0v) is 10.3. The molecule has 0 spiro atoms. The van der Waals surface area contributed by atoms with Gasteiger partial charge < -0.3 is 9.64 Å². The third-order valence-electron chi connectivity index (χ3n) is 3.15.